The van der Waals surface area contributed by atoms with E-state index in [9.17, 15) is 0 Å². The van der Waals surface area contributed by atoms with E-state index in [0.717, 1.165) is 5.57 Å². The van der Waals surface area contributed by atoms with Crippen LogP contribution in [0.1, 0.15) is 18.4 Å². The average Bonchev–Trinajstić information content (AvgIpc) is 2.30. The summed E-state index contributed by atoms with van der Waals surface area (Å²) < 4.78 is 11.2. The molecule has 15 heavy (non-hydrogen) atoms. The van der Waals surface area contributed by atoms with Crippen LogP contribution in [0.3, 0.4) is 0 Å². The van der Waals surface area contributed by atoms with Gasteiger partial charge in [-0.3, -0.25) is 0 Å². The minimum Gasteiger partial charge on any atom is -0.348 e. The molecule has 2 heteroatoms. The normalized spacial score (nSPS) is 20.2. The van der Waals surface area contributed by atoms with Crippen LogP contribution in [-0.2, 0) is 9.47 Å². The Hall–Kier alpha value is -1.12. The number of hydrogen-bond acceptors (Lipinski definition) is 2. The van der Waals surface area contributed by atoms with Crippen molar-refractivity contribution in [1.82, 2.24) is 0 Å². The first kappa shape index (κ1) is 10.4. The quantitative estimate of drug-likeness (QED) is 0.690. The van der Waals surface area contributed by atoms with E-state index in [2.05, 4.69) is 25.6 Å². The summed E-state index contributed by atoms with van der Waals surface area (Å²) in [7, 11) is 0. The van der Waals surface area contributed by atoms with Gasteiger partial charge in [0.25, 0.3) is 0 Å². The molecule has 1 saturated heterocycles. The smallest absolute Gasteiger partial charge is 0.164 e. The summed E-state index contributed by atoms with van der Waals surface area (Å²) in [5, 5.41) is 0. The van der Waals surface area contributed by atoms with E-state index in [1.807, 2.05) is 18.2 Å². The lowest BCUT2D eigenvalue weighted by Gasteiger charge is -2.29. The first-order valence-corrected chi connectivity index (χ1v) is 5.22. The largest absolute Gasteiger partial charge is 0.348 e. The zero-order valence-electron chi connectivity index (χ0n) is 8.98. The molecule has 0 aliphatic carbocycles. The highest BCUT2D eigenvalue weighted by atomic mass is 16.7. The van der Waals surface area contributed by atoms with Crippen molar-refractivity contribution < 1.29 is 9.47 Å². The van der Waals surface area contributed by atoms with Gasteiger partial charge in [-0.25, -0.2) is 0 Å². The van der Waals surface area contributed by atoms with Crippen LogP contribution < -0.4 is 0 Å². The van der Waals surface area contributed by atoms with Gasteiger partial charge in [-0.1, -0.05) is 43.8 Å². The van der Waals surface area contributed by atoms with Crippen LogP contribution >= 0.6 is 0 Å². The Kier molecular flexibility index (Phi) is 3.19. The third-order valence-electron chi connectivity index (χ3n) is 2.64. The molecule has 0 spiro atoms. The minimum absolute atomic E-state index is 0.141. The fourth-order valence-corrected chi connectivity index (χ4v) is 1.69. The van der Waals surface area contributed by atoms with E-state index in [1.165, 1.54) is 5.56 Å². The molecule has 2 rings (SSSR count). The summed E-state index contributed by atoms with van der Waals surface area (Å²) in [6.07, 6.45) is -0.141. The molecular weight excluding hydrogens is 188 g/mol. The Morgan fingerprint density at radius 2 is 1.80 bits per heavy atom. The summed E-state index contributed by atoms with van der Waals surface area (Å²) in [5.41, 5.74) is 2.25. The van der Waals surface area contributed by atoms with E-state index < -0.39 is 0 Å². The highest BCUT2D eigenvalue weighted by Gasteiger charge is 2.23. The minimum atomic E-state index is -0.141. The van der Waals surface area contributed by atoms with Gasteiger partial charge in [0.2, 0.25) is 0 Å². The predicted octanol–water partition coefficient (Wildman–Crippen LogP) is 2.72. The third-order valence-corrected chi connectivity index (χ3v) is 2.64. The Bertz CT molecular complexity index is 322. The van der Waals surface area contributed by atoms with E-state index in [-0.39, 0.29) is 12.2 Å². The first-order chi connectivity index (χ1) is 7.27. The summed E-state index contributed by atoms with van der Waals surface area (Å²) in [6, 6.07) is 10.3. The number of rotatable bonds is 2. The summed E-state index contributed by atoms with van der Waals surface area (Å²) in [4.78, 5) is 0. The average molecular weight is 204 g/mol. The van der Waals surface area contributed by atoms with Crippen molar-refractivity contribution in [2.24, 2.45) is 0 Å². The van der Waals surface area contributed by atoms with Crippen molar-refractivity contribution in [2.45, 2.75) is 19.1 Å². The Balaban J connectivity index is 2.02. The molecule has 0 bridgehead atoms. The molecule has 1 aliphatic rings. The van der Waals surface area contributed by atoms with Gasteiger partial charge in [0.1, 0.15) is 0 Å². The molecule has 1 heterocycles. The fraction of sp³-hybridized carbons (Fsp3) is 0.385. The second kappa shape index (κ2) is 4.60. The summed E-state index contributed by atoms with van der Waals surface area (Å²) >= 11 is 0. The van der Waals surface area contributed by atoms with Gasteiger partial charge in [0.15, 0.2) is 6.29 Å². The van der Waals surface area contributed by atoms with Gasteiger partial charge in [-0.15, -0.1) is 0 Å². The van der Waals surface area contributed by atoms with Gasteiger partial charge >= 0.3 is 0 Å². The van der Waals surface area contributed by atoms with E-state index in [0.29, 0.717) is 13.2 Å². The van der Waals surface area contributed by atoms with Crippen molar-refractivity contribution in [1.29, 1.82) is 0 Å². The van der Waals surface area contributed by atoms with Crippen LogP contribution in [0.15, 0.2) is 42.5 Å². The number of benzene rings is 1. The summed E-state index contributed by atoms with van der Waals surface area (Å²) in [5.74, 6) is 0.263. The Morgan fingerprint density at radius 3 is 2.40 bits per heavy atom. The zero-order chi connectivity index (χ0) is 10.7. The lowest BCUT2D eigenvalue weighted by atomic mass is 10.0. The molecule has 2 nitrogen and oxygen atoms in total. The molecule has 0 amide bonds. The molecule has 0 N–H and O–H groups in total. The van der Waals surface area contributed by atoms with E-state index in [4.69, 9.17) is 9.47 Å². The van der Waals surface area contributed by atoms with Gasteiger partial charge < -0.3 is 9.47 Å². The maximum atomic E-state index is 5.58. The maximum Gasteiger partial charge on any atom is 0.164 e. The lowest BCUT2D eigenvalue weighted by Crippen LogP contribution is -2.30. The fourth-order valence-electron chi connectivity index (χ4n) is 1.69. The van der Waals surface area contributed by atoms with Crippen molar-refractivity contribution >= 4 is 0 Å². The topological polar surface area (TPSA) is 18.5 Å². The molecule has 1 aromatic rings. The molecule has 1 atom stereocenters. The Morgan fingerprint density at radius 1 is 1.20 bits per heavy atom. The monoisotopic (exact) mass is 204 g/mol. The van der Waals surface area contributed by atoms with Crippen LogP contribution in [0.25, 0.3) is 0 Å². The molecule has 1 fully saturated rings. The predicted molar refractivity (Wildman–Crippen MR) is 59.7 cm³/mol. The van der Waals surface area contributed by atoms with Gasteiger partial charge in [-0.05, 0) is 11.1 Å². The van der Waals surface area contributed by atoms with Crippen LogP contribution in [0, 0.1) is 0 Å². The van der Waals surface area contributed by atoms with Crippen molar-refractivity contribution in [2.75, 3.05) is 13.2 Å². The highest BCUT2D eigenvalue weighted by Crippen LogP contribution is 2.25. The maximum absolute atomic E-state index is 5.58. The molecule has 1 aliphatic heterocycles. The van der Waals surface area contributed by atoms with Crippen molar-refractivity contribution in [3.05, 3.63) is 48.0 Å². The first-order valence-electron chi connectivity index (χ1n) is 5.22. The molecular formula is C13H16O2. The highest BCUT2D eigenvalue weighted by molar-refractivity contribution is 5.19. The lowest BCUT2D eigenvalue weighted by molar-refractivity contribution is -0.166. The second-order valence-electron chi connectivity index (χ2n) is 3.94. The van der Waals surface area contributed by atoms with Crippen molar-refractivity contribution in [3.63, 3.8) is 0 Å². The standard InChI is InChI=1S/C13H16O2/c1-10-8-14-13(15-9-10)11(2)12-6-4-3-5-7-12/h3-7,11,13H,1,8-9H2,2H3. The molecule has 1 aromatic carbocycles. The molecule has 80 valence electrons. The molecule has 1 unspecified atom stereocenters. The Labute approximate surface area is 90.5 Å². The number of hydrogen-bond donors (Lipinski definition) is 0. The van der Waals surface area contributed by atoms with Gasteiger partial charge in [-0.2, -0.15) is 0 Å². The van der Waals surface area contributed by atoms with Crippen LogP contribution in [0.5, 0.6) is 0 Å². The van der Waals surface area contributed by atoms with Crippen LogP contribution in [0.4, 0.5) is 0 Å². The SMILES string of the molecule is C=C1COC(C(C)c2ccccc2)OC1. The van der Waals surface area contributed by atoms with Crippen molar-refractivity contribution in [3.8, 4) is 0 Å². The molecule has 0 aromatic heterocycles. The van der Waals surface area contributed by atoms with Crippen LogP contribution in [0.2, 0.25) is 0 Å². The zero-order valence-corrected chi connectivity index (χ0v) is 8.98. The third kappa shape index (κ3) is 2.46. The molecule has 0 radical (unpaired) electrons. The van der Waals surface area contributed by atoms with Crippen LogP contribution in [-0.4, -0.2) is 19.5 Å². The number of ether oxygens (including phenoxy) is 2. The van der Waals surface area contributed by atoms with Gasteiger partial charge in [0.05, 0.1) is 13.2 Å². The van der Waals surface area contributed by atoms with Gasteiger partial charge in [0, 0.05) is 5.92 Å². The molecule has 0 saturated carbocycles. The van der Waals surface area contributed by atoms with E-state index >= 15 is 0 Å². The van der Waals surface area contributed by atoms with E-state index in [1.54, 1.807) is 0 Å². The second-order valence-corrected chi connectivity index (χ2v) is 3.94. The summed E-state index contributed by atoms with van der Waals surface area (Å²) in [6.45, 7) is 7.18.